The molecule has 106 valence electrons. The summed E-state index contributed by atoms with van der Waals surface area (Å²) in [7, 11) is 0. The molecule has 0 amide bonds. The number of likely N-dealkylation sites (N-methyl/N-ethyl adjacent to an activating group) is 1. The molecule has 3 heteroatoms. The lowest BCUT2D eigenvalue weighted by Crippen LogP contribution is -2.64. The minimum Gasteiger partial charge on any atom is -0.378 e. The maximum absolute atomic E-state index is 5.80. The summed E-state index contributed by atoms with van der Waals surface area (Å²) in [6.07, 6.45) is 4.31. The van der Waals surface area contributed by atoms with E-state index in [1.165, 1.54) is 38.9 Å². The van der Waals surface area contributed by atoms with Gasteiger partial charge in [0.1, 0.15) is 0 Å². The topological polar surface area (TPSA) is 24.5 Å². The summed E-state index contributed by atoms with van der Waals surface area (Å²) in [5.74, 6) is 0. The molecule has 0 aromatic rings. The van der Waals surface area contributed by atoms with Crippen LogP contribution >= 0.6 is 0 Å². The highest BCUT2D eigenvalue weighted by molar-refractivity contribution is 5.04. The summed E-state index contributed by atoms with van der Waals surface area (Å²) >= 11 is 0. The van der Waals surface area contributed by atoms with Crippen LogP contribution in [-0.4, -0.2) is 49.3 Å². The van der Waals surface area contributed by atoms with Gasteiger partial charge in [-0.15, -0.1) is 0 Å². The fourth-order valence-corrected chi connectivity index (χ4v) is 3.42. The molecular weight excluding hydrogens is 224 g/mol. The minimum absolute atomic E-state index is 0.296. The Labute approximate surface area is 112 Å². The van der Waals surface area contributed by atoms with Gasteiger partial charge in [-0.05, 0) is 39.3 Å². The zero-order valence-corrected chi connectivity index (χ0v) is 12.5. The third kappa shape index (κ3) is 2.89. The van der Waals surface area contributed by atoms with E-state index in [0.29, 0.717) is 23.6 Å². The number of ether oxygens (including phenoxy) is 1. The van der Waals surface area contributed by atoms with Crippen molar-refractivity contribution in [2.24, 2.45) is 5.41 Å². The molecule has 2 aliphatic rings. The van der Waals surface area contributed by atoms with Gasteiger partial charge in [0.25, 0.3) is 0 Å². The fourth-order valence-electron chi connectivity index (χ4n) is 3.42. The van der Waals surface area contributed by atoms with Crippen molar-refractivity contribution in [3.8, 4) is 0 Å². The van der Waals surface area contributed by atoms with Crippen LogP contribution < -0.4 is 5.32 Å². The van der Waals surface area contributed by atoms with Gasteiger partial charge in [0.2, 0.25) is 0 Å². The molecule has 0 aromatic carbocycles. The molecule has 1 aliphatic carbocycles. The van der Waals surface area contributed by atoms with Crippen molar-refractivity contribution in [3.63, 3.8) is 0 Å². The van der Waals surface area contributed by atoms with Crippen LogP contribution in [0.3, 0.4) is 0 Å². The van der Waals surface area contributed by atoms with Gasteiger partial charge in [0, 0.05) is 30.7 Å². The van der Waals surface area contributed by atoms with E-state index in [-0.39, 0.29) is 0 Å². The molecule has 1 saturated carbocycles. The second-order valence-electron chi connectivity index (χ2n) is 6.45. The van der Waals surface area contributed by atoms with Crippen LogP contribution in [0.4, 0.5) is 0 Å². The number of rotatable bonds is 5. The monoisotopic (exact) mass is 254 g/mol. The van der Waals surface area contributed by atoms with Crippen LogP contribution in [0.1, 0.15) is 47.0 Å². The molecule has 0 bridgehead atoms. The summed E-state index contributed by atoms with van der Waals surface area (Å²) in [6.45, 7) is 13.6. The normalized spacial score (nSPS) is 36.3. The maximum atomic E-state index is 5.80. The number of piperidine rings is 1. The van der Waals surface area contributed by atoms with Crippen LogP contribution in [0.15, 0.2) is 0 Å². The predicted octanol–water partition coefficient (Wildman–Crippen LogP) is 2.26. The first-order valence-electron chi connectivity index (χ1n) is 7.67. The first kappa shape index (κ1) is 14.3. The average molecular weight is 254 g/mol. The minimum atomic E-state index is 0.296. The summed E-state index contributed by atoms with van der Waals surface area (Å²) in [5, 5.41) is 3.88. The van der Waals surface area contributed by atoms with Crippen LogP contribution in [0.25, 0.3) is 0 Å². The van der Waals surface area contributed by atoms with Crippen molar-refractivity contribution in [2.45, 2.75) is 65.1 Å². The van der Waals surface area contributed by atoms with Gasteiger partial charge in [-0.25, -0.2) is 0 Å². The quantitative estimate of drug-likeness (QED) is 0.814. The Morgan fingerprint density at radius 1 is 1.33 bits per heavy atom. The lowest BCUT2D eigenvalue weighted by Gasteiger charge is -2.53. The van der Waals surface area contributed by atoms with Crippen molar-refractivity contribution < 1.29 is 4.74 Å². The molecule has 0 aromatic heterocycles. The highest BCUT2D eigenvalue weighted by Gasteiger charge is 2.49. The highest BCUT2D eigenvalue weighted by Crippen LogP contribution is 2.43. The van der Waals surface area contributed by atoms with E-state index in [4.69, 9.17) is 4.74 Å². The molecule has 0 spiro atoms. The Kier molecular flexibility index (Phi) is 4.68. The van der Waals surface area contributed by atoms with Crippen LogP contribution in [0, 0.1) is 5.41 Å². The van der Waals surface area contributed by atoms with E-state index >= 15 is 0 Å². The summed E-state index contributed by atoms with van der Waals surface area (Å²) in [4.78, 5) is 2.56. The maximum Gasteiger partial charge on any atom is 0.0655 e. The Bertz CT molecular complexity index is 267. The van der Waals surface area contributed by atoms with E-state index in [2.05, 4.69) is 37.9 Å². The number of hydrogen-bond acceptors (Lipinski definition) is 3. The largest absolute Gasteiger partial charge is 0.378 e. The zero-order valence-electron chi connectivity index (χ0n) is 12.5. The van der Waals surface area contributed by atoms with E-state index in [1.54, 1.807) is 0 Å². The first-order valence-corrected chi connectivity index (χ1v) is 7.67. The van der Waals surface area contributed by atoms with Gasteiger partial charge in [0.15, 0.2) is 0 Å². The van der Waals surface area contributed by atoms with Gasteiger partial charge in [-0.3, -0.25) is 0 Å². The molecule has 2 rings (SSSR count). The fraction of sp³-hybridized carbons (Fsp3) is 1.00. The molecule has 3 unspecified atom stereocenters. The van der Waals surface area contributed by atoms with Gasteiger partial charge in [0.05, 0.1) is 6.10 Å². The standard InChI is InChI=1S/C15H30N2O/c1-5-17-9-7-8-12(11-17)16-13-10-14(18-6-2)15(13,3)4/h12-14,16H,5-11H2,1-4H3. The first-order chi connectivity index (χ1) is 8.57. The highest BCUT2D eigenvalue weighted by atomic mass is 16.5. The lowest BCUT2D eigenvalue weighted by molar-refractivity contribution is -0.117. The average Bonchev–Trinajstić information content (AvgIpc) is 2.38. The second kappa shape index (κ2) is 5.89. The summed E-state index contributed by atoms with van der Waals surface area (Å²) in [6, 6.07) is 1.32. The van der Waals surface area contributed by atoms with E-state index < -0.39 is 0 Å². The number of nitrogens with zero attached hydrogens (tertiary/aromatic N) is 1. The third-order valence-corrected chi connectivity index (χ3v) is 4.94. The van der Waals surface area contributed by atoms with Gasteiger partial charge < -0.3 is 15.0 Å². The van der Waals surface area contributed by atoms with Crippen LogP contribution in [-0.2, 0) is 4.74 Å². The molecule has 1 heterocycles. The Morgan fingerprint density at radius 2 is 2.11 bits per heavy atom. The molecule has 18 heavy (non-hydrogen) atoms. The lowest BCUT2D eigenvalue weighted by atomic mass is 9.64. The number of likely N-dealkylation sites (tertiary alicyclic amines) is 1. The molecule has 1 N–H and O–H groups in total. The Balaban J connectivity index is 1.80. The van der Waals surface area contributed by atoms with Crippen molar-refractivity contribution in [1.82, 2.24) is 10.2 Å². The van der Waals surface area contributed by atoms with Crippen molar-refractivity contribution in [1.29, 1.82) is 0 Å². The molecule has 1 saturated heterocycles. The predicted molar refractivity (Wildman–Crippen MR) is 75.9 cm³/mol. The van der Waals surface area contributed by atoms with Crippen LogP contribution in [0.5, 0.6) is 0 Å². The van der Waals surface area contributed by atoms with Gasteiger partial charge in [-0.2, -0.15) is 0 Å². The van der Waals surface area contributed by atoms with Crippen molar-refractivity contribution >= 4 is 0 Å². The van der Waals surface area contributed by atoms with Crippen molar-refractivity contribution in [2.75, 3.05) is 26.2 Å². The Morgan fingerprint density at radius 3 is 2.72 bits per heavy atom. The van der Waals surface area contributed by atoms with Gasteiger partial charge in [-0.1, -0.05) is 20.8 Å². The molecular formula is C15H30N2O. The van der Waals surface area contributed by atoms with Crippen molar-refractivity contribution in [3.05, 3.63) is 0 Å². The van der Waals surface area contributed by atoms with Crippen LogP contribution in [0.2, 0.25) is 0 Å². The number of nitrogens with one attached hydrogen (secondary N) is 1. The molecule has 0 radical (unpaired) electrons. The second-order valence-corrected chi connectivity index (χ2v) is 6.45. The molecule has 2 fully saturated rings. The Hall–Kier alpha value is -0.120. The third-order valence-electron chi connectivity index (χ3n) is 4.94. The molecule has 1 aliphatic heterocycles. The summed E-state index contributed by atoms with van der Waals surface area (Å²) in [5.41, 5.74) is 0.296. The van der Waals surface area contributed by atoms with E-state index in [9.17, 15) is 0 Å². The zero-order chi connectivity index (χ0) is 13.2. The molecule has 3 nitrogen and oxygen atoms in total. The summed E-state index contributed by atoms with van der Waals surface area (Å²) < 4.78 is 5.80. The SMILES string of the molecule is CCOC1CC(NC2CCCN(CC)C2)C1(C)C. The smallest absolute Gasteiger partial charge is 0.0655 e. The van der Waals surface area contributed by atoms with E-state index in [1.807, 2.05) is 0 Å². The number of hydrogen-bond donors (Lipinski definition) is 1. The van der Waals surface area contributed by atoms with Gasteiger partial charge >= 0.3 is 0 Å². The molecule has 3 atom stereocenters. The van der Waals surface area contributed by atoms with E-state index in [0.717, 1.165) is 6.61 Å².